The number of carbonyl (C=O) groups excluding carboxylic acids is 1. The summed E-state index contributed by atoms with van der Waals surface area (Å²) in [5, 5.41) is 11.3. The van der Waals surface area contributed by atoms with Gasteiger partial charge in [-0.25, -0.2) is 4.98 Å². The van der Waals surface area contributed by atoms with Gasteiger partial charge in [0.05, 0.1) is 24.3 Å². The molecule has 0 aliphatic heterocycles. The minimum absolute atomic E-state index is 0.0301. The molecular formula is C14H16N2O5. The molecule has 112 valence electrons. The van der Waals surface area contributed by atoms with Crippen LogP contribution in [0.1, 0.15) is 18.4 Å². The van der Waals surface area contributed by atoms with Crippen molar-refractivity contribution in [3.05, 3.63) is 29.9 Å². The minimum atomic E-state index is -0.951. The zero-order valence-electron chi connectivity index (χ0n) is 11.8. The van der Waals surface area contributed by atoms with Crippen LogP contribution in [0.25, 0.3) is 11.7 Å². The number of nitrogens with one attached hydrogen (secondary N) is 1. The first kappa shape index (κ1) is 14.8. The van der Waals surface area contributed by atoms with Crippen molar-refractivity contribution >= 4 is 11.9 Å². The number of nitrogens with zero attached hydrogens (tertiary/aromatic N) is 1. The Kier molecular flexibility index (Phi) is 4.42. The summed E-state index contributed by atoms with van der Waals surface area (Å²) >= 11 is 0. The van der Waals surface area contributed by atoms with Crippen LogP contribution in [0.3, 0.4) is 0 Å². The summed E-state index contributed by atoms with van der Waals surface area (Å²) in [6.07, 6.45) is 1.54. The van der Waals surface area contributed by atoms with Crippen LogP contribution >= 0.6 is 0 Å². The Labute approximate surface area is 121 Å². The van der Waals surface area contributed by atoms with E-state index in [4.69, 9.17) is 13.9 Å². The van der Waals surface area contributed by atoms with Crippen molar-refractivity contribution in [1.29, 1.82) is 0 Å². The molecule has 0 aliphatic rings. The average molecular weight is 292 g/mol. The molecule has 0 bridgehead atoms. The Bertz CT molecular complexity index is 630. The number of aryl methyl sites for hydroxylation is 1. The Morgan fingerprint density at radius 2 is 2.24 bits per heavy atom. The molecule has 0 aliphatic carbocycles. The van der Waals surface area contributed by atoms with Gasteiger partial charge in [-0.3, -0.25) is 9.59 Å². The number of carbonyl (C=O) groups is 2. The average Bonchev–Trinajstić information content (AvgIpc) is 3.06. The Morgan fingerprint density at radius 3 is 2.86 bits per heavy atom. The molecule has 2 rings (SSSR count). The van der Waals surface area contributed by atoms with Crippen molar-refractivity contribution in [2.45, 2.75) is 20.3 Å². The predicted octanol–water partition coefficient (Wildman–Crippen LogP) is 1.62. The molecule has 2 N–H and O–H groups in total. The summed E-state index contributed by atoms with van der Waals surface area (Å²) in [6, 6.07) is 3.43. The van der Waals surface area contributed by atoms with Gasteiger partial charge < -0.3 is 19.3 Å². The number of aliphatic carboxylic acids is 1. The van der Waals surface area contributed by atoms with Crippen molar-refractivity contribution in [2.75, 3.05) is 6.54 Å². The Morgan fingerprint density at radius 1 is 1.48 bits per heavy atom. The Balaban J connectivity index is 1.97. The fraction of sp³-hybridized carbons (Fsp3) is 0.357. The predicted molar refractivity (Wildman–Crippen MR) is 72.5 cm³/mol. The second kappa shape index (κ2) is 6.25. The monoisotopic (exact) mass is 292 g/mol. The summed E-state index contributed by atoms with van der Waals surface area (Å²) in [7, 11) is 0. The molecule has 0 saturated carbocycles. The van der Waals surface area contributed by atoms with E-state index in [2.05, 4.69) is 10.3 Å². The van der Waals surface area contributed by atoms with E-state index in [-0.39, 0.29) is 18.9 Å². The number of hydrogen-bond donors (Lipinski definition) is 2. The fourth-order valence-electron chi connectivity index (χ4n) is 1.67. The van der Waals surface area contributed by atoms with Crippen LogP contribution in [-0.4, -0.2) is 28.5 Å². The van der Waals surface area contributed by atoms with Crippen LogP contribution in [0.15, 0.2) is 27.2 Å². The van der Waals surface area contributed by atoms with Crippen LogP contribution in [-0.2, 0) is 16.0 Å². The van der Waals surface area contributed by atoms with E-state index in [1.807, 2.05) is 0 Å². The van der Waals surface area contributed by atoms with Gasteiger partial charge in [-0.2, -0.15) is 0 Å². The number of aromatic nitrogens is 1. The van der Waals surface area contributed by atoms with E-state index in [1.165, 1.54) is 13.2 Å². The van der Waals surface area contributed by atoms with Gasteiger partial charge in [0.1, 0.15) is 5.76 Å². The van der Waals surface area contributed by atoms with Gasteiger partial charge in [0.25, 0.3) is 5.89 Å². The molecule has 0 fully saturated rings. The molecule has 0 aromatic carbocycles. The molecule has 21 heavy (non-hydrogen) atoms. The zero-order chi connectivity index (χ0) is 15.4. The molecule has 7 heteroatoms. The van der Waals surface area contributed by atoms with E-state index in [0.29, 0.717) is 23.1 Å². The number of hydrogen-bond acceptors (Lipinski definition) is 5. The van der Waals surface area contributed by atoms with Gasteiger partial charge in [-0.1, -0.05) is 6.92 Å². The summed E-state index contributed by atoms with van der Waals surface area (Å²) in [4.78, 5) is 26.7. The minimum Gasteiger partial charge on any atom is -0.481 e. The lowest BCUT2D eigenvalue weighted by Crippen LogP contribution is -2.32. The largest absolute Gasteiger partial charge is 0.481 e. The quantitative estimate of drug-likeness (QED) is 0.838. The highest BCUT2D eigenvalue weighted by Gasteiger charge is 2.17. The van der Waals surface area contributed by atoms with Gasteiger partial charge in [-0.15, -0.1) is 0 Å². The third kappa shape index (κ3) is 3.71. The fourth-order valence-corrected chi connectivity index (χ4v) is 1.67. The normalized spacial score (nSPS) is 12.1. The van der Waals surface area contributed by atoms with Crippen LogP contribution in [0, 0.1) is 12.8 Å². The number of carboxylic acids is 1. The smallest absolute Gasteiger partial charge is 0.308 e. The molecule has 2 aromatic rings. The van der Waals surface area contributed by atoms with E-state index >= 15 is 0 Å². The van der Waals surface area contributed by atoms with Gasteiger partial charge in [-0.05, 0) is 19.1 Å². The zero-order valence-corrected chi connectivity index (χ0v) is 11.8. The van der Waals surface area contributed by atoms with E-state index < -0.39 is 11.9 Å². The van der Waals surface area contributed by atoms with Gasteiger partial charge in [0.15, 0.2) is 5.76 Å². The highest BCUT2D eigenvalue weighted by molar-refractivity contribution is 5.79. The van der Waals surface area contributed by atoms with Gasteiger partial charge >= 0.3 is 5.97 Å². The molecule has 0 spiro atoms. The third-order valence-corrected chi connectivity index (χ3v) is 2.98. The highest BCUT2D eigenvalue weighted by Crippen LogP contribution is 2.22. The van der Waals surface area contributed by atoms with Crippen molar-refractivity contribution in [2.24, 2.45) is 5.92 Å². The molecule has 2 heterocycles. The summed E-state index contributed by atoms with van der Waals surface area (Å²) in [5.74, 6) is -0.546. The number of carboxylic acid groups (broad SMARTS) is 1. The number of oxazole rings is 1. The molecule has 2 aromatic heterocycles. The number of amides is 1. The van der Waals surface area contributed by atoms with E-state index in [1.54, 1.807) is 19.1 Å². The SMILES string of the molecule is Cc1oc(-c2ccco2)nc1CC(=O)NCC(C)C(=O)O. The van der Waals surface area contributed by atoms with E-state index in [9.17, 15) is 9.59 Å². The summed E-state index contributed by atoms with van der Waals surface area (Å²) in [5.41, 5.74) is 0.502. The number of rotatable bonds is 6. The Hall–Kier alpha value is -2.57. The first-order valence-corrected chi connectivity index (χ1v) is 6.47. The molecule has 1 atom stereocenters. The van der Waals surface area contributed by atoms with Crippen molar-refractivity contribution in [3.63, 3.8) is 0 Å². The van der Waals surface area contributed by atoms with Crippen molar-refractivity contribution in [3.8, 4) is 11.7 Å². The third-order valence-electron chi connectivity index (χ3n) is 2.98. The topological polar surface area (TPSA) is 106 Å². The lowest BCUT2D eigenvalue weighted by atomic mass is 10.2. The maximum absolute atomic E-state index is 11.8. The van der Waals surface area contributed by atoms with Crippen LogP contribution in [0.4, 0.5) is 0 Å². The lowest BCUT2D eigenvalue weighted by Gasteiger charge is -2.07. The molecule has 7 nitrogen and oxygen atoms in total. The summed E-state index contributed by atoms with van der Waals surface area (Å²) in [6.45, 7) is 3.32. The molecule has 0 saturated heterocycles. The molecule has 0 radical (unpaired) electrons. The first-order valence-electron chi connectivity index (χ1n) is 6.47. The maximum atomic E-state index is 11.8. The highest BCUT2D eigenvalue weighted by atomic mass is 16.4. The standard InChI is InChI=1S/C14H16N2O5/c1-8(14(18)19)7-15-12(17)6-10-9(2)21-13(16-10)11-4-3-5-20-11/h3-5,8H,6-7H2,1-2H3,(H,15,17)(H,18,19). The van der Waals surface area contributed by atoms with Crippen molar-refractivity contribution in [1.82, 2.24) is 10.3 Å². The molecule has 1 unspecified atom stereocenters. The van der Waals surface area contributed by atoms with Crippen molar-refractivity contribution < 1.29 is 23.5 Å². The van der Waals surface area contributed by atoms with Gasteiger partial charge in [0, 0.05) is 6.54 Å². The van der Waals surface area contributed by atoms with E-state index in [0.717, 1.165) is 0 Å². The second-order valence-corrected chi connectivity index (χ2v) is 4.72. The van der Waals surface area contributed by atoms with Crippen LogP contribution in [0.5, 0.6) is 0 Å². The second-order valence-electron chi connectivity index (χ2n) is 4.72. The van der Waals surface area contributed by atoms with Gasteiger partial charge in [0.2, 0.25) is 5.91 Å². The molecular weight excluding hydrogens is 276 g/mol. The van der Waals surface area contributed by atoms with Crippen LogP contribution in [0.2, 0.25) is 0 Å². The first-order chi connectivity index (χ1) is 9.97. The van der Waals surface area contributed by atoms with Crippen LogP contribution < -0.4 is 5.32 Å². The molecule has 1 amide bonds. The maximum Gasteiger partial charge on any atom is 0.308 e. The summed E-state index contributed by atoms with van der Waals surface area (Å²) < 4.78 is 10.6. The lowest BCUT2D eigenvalue weighted by molar-refractivity contribution is -0.141. The number of furan rings is 1.